The van der Waals surface area contributed by atoms with E-state index in [0.29, 0.717) is 0 Å². The molecule has 0 saturated heterocycles. The van der Waals surface area contributed by atoms with Crippen LogP contribution in [0.2, 0.25) is 0 Å². The number of para-hydroxylation sites is 2. The van der Waals surface area contributed by atoms with Crippen molar-refractivity contribution in [2.24, 2.45) is 0 Å². The molecule has 12 aromatic carbocycles. The van der Waals surface area contributed by atoms with E-state index in [1.54, 1.807) is 0 Å². The summed E-state index contributed by atoms with van der Waals surface area (Å²) in [5.74, 6) is 0. The van der Waals surface area contributed by atoms with E-state index in [0.717, 1.165) is 28.1 Å². The Morgan fingerprint density at radius 1 is 0.211 bits per heavy atom. The molecule has 1 aliphatic rings. The first-order valence-electron chi connectivity index (χ1n) is 26.3. The first-order chi connectivity index (χ1) is 37.7. The van der Waals surface area contributed by atoms with Crippen molar-refractivity contribution < 1.29 is 0 Å². The molecule has 3 nitrogen and oxygen atoms in total. The molecule has 354 valence electrons. The van der Waals surface area contributed by atoms with Gasteiger partial charge in [0, 0.05) is 49.4 Å². The molecule has 0 radical (unpaired) electrons. The van der Waals surface area contributed by atoms with Gasteiger partial charge in [0.25, 0.3) is 0 Å². The molecule has 0 spiro atoms. The fourth-order valence-electron chi connectivity index (χ4n) is 13.2. The fraction of sp³-hybridized carbons (Fsp3) is 0.0137. The second-order valence-electron chi connectivity index (χ2n) is 20.4. The normalized spacial score (nSPS) is 12.8. The lowest BCUT2D eigenvalue weighted by molar-refractivity contribution is 0.767. The summed E-state index contributed by atoms with van der Waals surface area (Å²) >= 11 is 0. The zero-order valence-corrected chi connectivity index (χ0v) is 41.5. The molecule has 15 aromatic rings. The third kappa shape index (κ3) is 6.11. The zero-order chi connectivity index (χ0) is 49.9. The van der Waals surface area contributed by atoms with Crippen molar-refractivity contribution in [1.82, 2.24) is 13.7 Å². The van der Waals surface area contributed by atoms with Gasteiger partial charge in [-0.1, -0.05) is 200 Å². The van der Waals surface area contributed by atoms with Crippen LogP contribution in [0.3, 0.4) is 0 Å². The molecule has 0 amide bonds. The summed E-state index contributed by atoms with van der Waals surface area (Å²) in [4.78, 5) is 0. The van der Waals surface area contributed by atoms with Crippen molar-refractivity contribution in [3.8, 4) is 50.4 Å². The van der Waals surface area contributed by atoms with E-state index >= 15 is 0 Å². The lowest BCUT2D eigenvalue weighted by Gasteiger charge is -2.34. The van der Waals surface area contributed by atoms with Gasteiger partial charge >= 0.3 is 0 Å². The second-order valence-corrected chi connectivity index (χ2v) is 20.4. The topological polar surface area (TPSA) is 14.8 Å². The number of aromatic nitrogens is 3. The maximum Gasteiger partial charge on any atom is 0.0714 e. The van der Waals surface area contributed by atoms with Crippen LogP contribution in [0.1, 0.15) is 22.3 Å². The van der Waals surface area contributed by atoms with E-state index < -0.39 is 5.41 Å². The molecule has 1 aliphatic carbocycles. The van der Waals surface area contributed by atoms with Crippen molar-refractivity contribution in [3.05, 3.63) is 307 Å². The highest BCUT2D eigenvalue weighted by atomic mass is 15.0. The number of rotatable bonds is 7. The highest BCUT2D eigenvalue weighted by Crippen LogP contribution is 2.57. The monoisotopic (exact) mass is 965 g/mol. The lowest BCUT2D eigenvalue weighted by atomic mass is 9.67. The van der Waals surface area contributed by atoms with Gasteiger partial charge in [0.15, 0.2) is 0 Å². The third-order valence-corrected chi connectivity index (χ3v) is 16.5. The average molecular weight is 966 g/mol. The Labute approximate surface area is 440 Å². The molecule has 3 aromatic heterocycles. The van der Waals surface area contributed by atoms with Crippen molar-refractivity contribution in [2.75, 3.05) is 0 Å². The van der Waals surface area contributed by atoms with Crippen LogP contribution in [0.4, 0.5) is 0 Å². The minimum Gasteiger partial charge on any atom is -0.309 e. The standard InChI is InChI=1S/C73H47N3/c1-5-19-48(20-6-1)50-33-39-69-61(43-50)62-44-51(49-21-7-2-8-22-49)34-40-70(62)75(69)55-37-42-72-64(46-55)63-45-54(74-67-31-17-14-28-59(67)60-29-15-18-32-68(60)74)36-41-71(63)76(72)56-35-38-58-57-27-13-16-30-65(57)73(66(58)47-56,52-23-9-3-10-24-52)53-25-11-4-12-26-53/h1-47H. The maximum absolute atomic E-state index is 2.51. The molecule has 16 rings (SSSR count). The van der Waals surface area contributed by atoms with E-state index in [-0.39, 0.29) is 0 Å². The Kier molecular flexibility index (Phi) is 9.25. The summed E-state index contributed by atoms with van der Waals surface area (Å²) in [7, 11) is 0. The predicted octanol–water partition coefficient (Wildman–Crippen LogP) is 18.7. The quantitative estimate of drug-likeness (QED) is 0.151. The Morgan fingerprint density at radius 2 is 0.566 bits per heavy atom. The van der Waals surface area contributed by atoms with Gasteiger partial charge in [0.1, 0.15) is 0 Å². The summed E-state index contributed by atoms with van der Waals surface area (Å²) in [5.41, 5.74) is 22.3. The third-order valence-electron chi connectivity index (χ3n) is 16.5. The van der Waals surface area contributed by atoms with Gasteiger partial charge in [-0.3, -0.25) is 0 Å². The Morgan fingerprint density at radius 3 is 1.07 bits per heavy atom. The highest BCUT2D eigenvalue weighted by molar-refractivity contribution is 6.15. The van der Waals surface area contributed by atoms with E-state index in [4.69, 9.17) is 0 Å². The van der Waals surface area contributed by atoms with Crippen LogP contribution in [-0.4, -0.2) is 13.7 Å². The van der Waals surface area contributed by atoms with Gasteiger partial charge < -0.3 is 13.7 Å². The van der Waals surface area contributed by atoms with E-state index in [9.17, 15) is 0 Å². The Balaban J connectivity index is 0.973. The minimum atomic E-state index is -0.530. The average Bonchev–Trinajstić information content (AvgIpc) is 4.35. The molecular weight excluding hydrogens is 919 g/mol. The minimum absolute atomic E-state index is 0.530. The van der Waals surface area contributed by atoms with Crippen molar-refractivity contribution in [2.45, 2.75) is 5.41 Å². The number of hydrogen-bond acceptors (Lipinski definition) is 0. The van der Waals surface area contributed by atoms with Gasteiger partial charge in [-0.15, -0.1) is 0 Å². The summed E-state index contributed by atoms with van der Waals surface area (Å²) in [6.45, 7) is 0. The second kappa shape index (κ2) is 16.5. The fourth-order valence-corrected chi connectivity index (χ4v) is 13.2. The first kappa shape index (κ1) is 42.5. The Bertz CT molecular complexity index is 4600. The van der Waals surface area contributed by atoms with Crippen LogP contribution >= 0.6 is 0 Å². The molecule has 0 N–H and O–H groups in total. The molecule has 3 heteroatoms. The molecule has 0 fully saturated rings. The van der Waals surface area contributed by atoms with Gasteiger partial charge in [-0.25, -0.2) is 0 Å². The van der Waals surface area contributed by atoms with Gasteiger partial charge in [-0.05, 0) is 141 Å². The van der Waals surface area contributed by atoms with E-state index in [1.165, 1.54) is 110 Å². The van der Waals surface area contributed by atoms with Crippen molar-refractivity contribution >= 4 is 65.4 Å². The van der Waals surface area contributed by atoms with Crippen LogP contribution in [0.15, 0.2) is 285 Å². The molecular formula is C73H47N3. The number of fused-ring (bicyclic) bond motifs is 12. The summed E-state index contributed by atoms with van der Waals surface area (Å²) < 4.78 is 7.44. The summed E-state index contributed by atoms with van der Waals surface area (Å²) in [5, 5.41) is 7.33. The molecule has 0 aliphatic heterocycles. The largest absolute Gasteiger partial charge is 0.309 e. The first-order valence-corrected chi connectivity index (χ1v) is 26.3. The summed E-state index contributed by atoms with van der Waals surface area (Å²) in [6.07, 6.45) is 0. The molecule has 0 bridgehead atoms. The van der Waals surface area contributed by atoms with Crippen LogP contribution in [0.5, 0.6) is 0 Å². The molecule has 0 unspecified atom stereocenters. The summed E-state index contributed by atoms with van der Waals surface area (Å²) in [6, 6.07) is 106. The van der Waals surface area contributed by atoms with Crippen molar-refractivity contribution in [1.29, 1.82) is 0 Å². The molecule has 0 atom stereocenters. The smallest absolute Gasteiger partial charge is 0.0714 e. The van der Waals surface area contributed by atoms with Crippen molar-refractivity contribution in [3.63, 3.8) is 0 Å². The highest BCUT2D eigenvalue weighted by Gasteiger charge is 2.46. The Hall–Kier alpha value is -9.96. The molecule has 76 heavy (non-hydrogen) atoms. The van der Waals surface area contributed by atoms with E-state index in [2.05, 4.69) is 299 Å². The zero-order valence-electron chi connectivity index (χ0n) is 41.5. The van der Waals surface area contributed by atoms with Gasteiger partial charge in [0.05, 0.1) is 38.5 Å². The lowest BCUT2D eigenvalue weighted by Crippen LogP contribution is -2.28. The van der Waals surface area contributed by atoms with Gasteiger partial charge in [0.2, 0.25) is 0 Å². The van der Waals surface area contributed by atoms with Crippen LogP contribution in [-0.2, 0) is 5.41 Å². The van der Waals surface area contributed by atoms with Crippen LogP contribution in [0, 0.1) is 0 Å². The molecule has 3 heterocycles. The van der Waals surface area contributed by atoms with Crippen LogP contribution < -0.4 is 0 Å². The van der Waals surface area contributed by atoms with E-state index in [1.807, 2.05) is 0 Å². The number of benzene rings is 12. The van der Waals surface area contributed by atoms with Crippen LogP contribution in [0.25, 0.3) is 116 Å². The predicted molar refractivity (Wildman–Crippen MR) is 318 cm³/mol. The van der Waals surface area contributed by atoms with Gasteiger partial charge in [-0.2, -0.15) is 0 Å². The molecule has 0 saturated carbocycles. The SMILES string of the molecule is c1ccc(-c2ccc3c(c2)c2cc(-c4ccccc4)ccc2n3-c2ccc3c(c2)c2cc(-n4c5ccccc5c5ccccc54)ccc2n3-c2ccc3c(c2)C(c2ccccc2)(c2ccccc2)c2ccccc2-3)cc1. The maximum atomic E-state index is 2.51. The number of hydrogen-bond donors (Lipinski definition) is 0. The number of nitrogens with zero attached hydrogens (tertiary/aromatic N) is 3.